The molecular weight excluding hydrogens is 366 g/mol. The van der Waals surface area contributed by atoms with Crippen LogP contribution in [0.4, 0.5) is 5.69 Å². The lowest BCUT2D eigenvalue weighted by atomic mass is 9.69. The first-order valence-electron chi connectivity index (χ1n) is 9.39. The summed E-state index contributed by atoms with van der Waals surface area (Å²) in [6, 6.07) is 16.5. The van der Waals surface area contributed by atoms with Crippen molar-refractivity contribution in [3.8, 4) is 23.6 Å². The third-order valence-electron chi connectivity index (χ3n) is 6.09. The highest BCUT2D eigenvalue weighted by Crippen LogP contribution is 2.55. The largest absolute Gasteiger partial charge is 0.454 e. The van der Waals surface area contributed by atoms with Crippen LogP contribution in [-0.2, 0) is 4.79 Å². The fourth-order valence-corrected chi connectivity index (χ4v) is 4.87. The van der Waals surface area contributed by atoms with Crippen molar-refractivity contribution in [2.24, 2.45) is 5.41 Å². The number of fused-ring (bicyclic) bond motifs is 4. The Kier molecular flexibility index (Phi) is 3.66. The Morgan fingerprint density at radius 3 is 2.66 bits per heavy atom. The summed E-state index contributed by atoms with van der Waals surface area (Å²) in [5.41, 5.74) is 1.12. The van der Waals surface area contributed by atoms with Gasteiger partial charge in [-0.15, -0.1) is 0 Å². The van der Waals surface area contributed by atoms with E-state index in [-0.39, 0.29) is 12.6 Å². The lowest BCUT2D eigenvalue weighted by Crippen LogP contribution is -2.43. The summed E-state index contributed by atoms with van der Waals surface area (Å²) < 4.78 is 10.9. The Morgan fingerprint density at radius 2 is 1.90 bits per heavy atom. The van der Waals surface area contributed by atoms with Crippen molar-refractivity contribution in [1.29, 1.82) is 10.5 Å². The Hall–Kier alpha value is -3.77. The number of para-hydroxylation sites is 1. The molecule has 0 aromatic heterocycles. The molecule has 0 unspecified atom stereocenters. The lowest BCUT2D eigenvalue weighted by Gasteiger charge is -2.35. The number of hydrogen-bond acceptors (Lipinski definition) is 6. The number of Topliss-reactive ketones (excluding diaryl/α,β-unsaturated/α-hetero) is 1. The molecule has 0 saturated carbocycles. The Morgan fingerprint density at radius 1 is 1.14 bits per heavy atom. The van der Waals surface area contributed by atoms with Crippen LogP contribution in [0.1, 0.15) is 24.0 Å². The minimum absolute atomic E-state index is 0.0878. The van der Waals surface area contributed by atoms with Gasteiger partial charge in [0.25, 0.3) is 0 Å². The van der Waals surface area contributed by atoms with Gasteiger partial charge in [0.1, 0.15) is 0 Å². The Balaban J connectivity index is 1.75. The van der Waals surface area contributed by atoms with E-state index in [0.29, 0.717) is 11.5 Å². The molecule has 142 valence electrons. The summed E-state index contributed by atoms with van der Waals surface area (Å²) in [5, 5.41) is 20.5. The van der Waals surface area contributed by atoms with Crippen molar-refractivity contribution in [2.75, 3.05) is 11.7 Å². The molecule has 0 aliphatic carbocycles. The van der Waals surface area contributed by atoms with Crippen molar-refractivity contribution in [3.05, 3.63) is 59.7 Å². The highest BCUT2D eigenvalue weighted by molar-refractivity contribution is 5.91. The van der Waals surface area contributed by atoms with Gasteiger partial charge in [-0.3, -0.25) is 4.79 Å². The minimum Gasteiger partial charge on any atom is -0.454 e. The second kappa shape index (κ2) is 6.12. The fourth-order valence-electron chi connectivity index (χ4n) is 4.87. The normalized spacial score (nSPS) is 24.9. The molecule has 1 fully saturated rings. The minimum atomic E-state index is -1.42. The molecule has 0 N–H and O–H groups in total. The fraction of sp³-hybridized carbons (Fsp3) is 0.261. The van der Waals surface area contributed by atoms with Crippen molar-refractivity contribution < 1.29 is 14.3 Å². The van der Waals surface area contributed by atoms with Crippen molar-refractivity contribution >= 4 is 17.5 Å². The van der Waals surface area contributed by atoms with E-state index in [4.69, 9.17) is 9.47 Å². The summed E-state index contributed by atoms with van der Waals surface area (Å²) in [6.45, 7) is 1.65. The molecule has 3 aliphatic heterocycles. The van der Waals surface area contributed by atoms with Gasteiger partial charge < -0.3 is 14.4 Å². The first-order chi connectivity index (χ1) is 14.1. The van der Waals surface area contributed by atoms with Crippen LogP contribution in [0.15, 0.2) is 48.5 Å². The van der Waals surface area contributed by atoms with E-state index < -0.39 is 23.4 Å². The van der Waals surface area contributed by atoms with Crippen LogP contribution in [0, 0.1) is 28.1 Å². The maximum atomic E-state index is 12.9. The van der Waals surface area contributed by atoms with Gasteiger partial charge in [0.05, 0.1) is 24.2 Å². The topological polar surface area (TPSA) is 86.3 Å². The van der Waals surface area contributed by atoms with Crippen LogP contribution in [0.2, 0.25) is 0 Å². The smallest absolute Gasteiger partial charge is 0.231 e. The molecule has 1 saturated heterocycles. The molecule has 0 bridgehead atoms. The molecule has 6 nitrogen and oxygen atoms in total. The number of carbonyl (C=O) groups is 1. The predicted molar refractivity (Wildman–Crippen MR) is 105 cm³/mol. The quantitative estimate of drug-likeness (QED) is 0.790. The number of ether oxygens (including phenoxy) is 2. The zero-order valence-electron chi connectivity index (χ0n) is 15.7. The number of hydrogen-bond donors (Lipinski definition) is 0. The number of anilines is 1. The van der Waals surface area contributed by atoms with Gasteiger partial charge >= 0.3 is 0 Å². The van der Waals surface area contributed by atoms with Crippen molar-refractivity contribution in [2.45, 2.75) is 24.9 Å². The molecule has 5 rings (SSSR count). The van der Waals surface area contributed by atoms with Crippen molar-refractivity contribution in [3.63, 3.8) is 0 Å². The van der Waals surface area contributed by atoms with E-state index >= 15 is 0 Å². The molecule has 3 aliphatic rings. The van der Waals surface area contributed by atoms with E-state index in [0.717, 1.165) is 16.8 Å². The molecule has 2 aromatic carbocycles. The third kappa shape index (κ3) is 2.23. The van der Waals surface area contributed by atoms with Gasteiger partial charge in [0.15, 0.2) is 22.7 Å². The number of nitrogens with zero attached hydrogens (tertiary/aromatic N) is 3. The van der Waals surface area contributed by atoms with E-state index in [9.17, 15) is 15.3 Å². The van der Waals surface area contributed by atoms with Crippen LogP contribution >= 0.6 is 0 Å². The molecular formula is C23H17N3O3. The molecule has 3 heterocycles. The second-order valence-electron chi connectivity index (χ2n) is 7.51. The highest BCUT2D eigenvalue weighted by atomic mass is 16.7. The first-order valence-corrected chi connectivity index (χ1v) is 9.39. The van der Waals surface area contributed by atoms with Gasteiger partial charge in [-0.2, -0.15) is 10.5 Å². The van der Waals surface area contributed by atoms with Crippen LogP contribution in [-0.4, -0.2) is 24.7 Å². The van der Waals surface area contributed by atoms with Gasteiger partial charge in [-0.25, -0.2) is 0 Å². The predicted octanol–water partition coefficient (Wildman–Crippen LogP) is 3.41. The summed E-state index contributed by atoms with van der Waals surface area (Å²) in [4.78, 5) is 14.9. The van der Waals surface area contributed by atoms with E-state index in [1.165, 1.54) is 6.92 Å². The maximum Gasteiger partial charge on any atom is 0.231 e. The standard InChI is InChI=1S/C23H17N3O3/c1-14(27)22-21(16-6-8-18-19(10-16)29-13-28-18)23(11-24,12-25)20-9-7-15-4-2-3-5-17(15)26(20)22/h2-10,20-22H,13H2,1H3/t20-,21+,22-/m1/s1. The molecule has 0 amide bonds. The van der Waals surface area contributed by atoms with E-state index in [2.05, 4.69) is 12.1 Å². The molecule has 29 heavy (non-hydrogen) atoms. The molecule has 2 aromatic rings. The zero-order valence-corrected chi connectivity index (χ0v) is 15.7. The van der Waals surface area contributed by atoms with Crippen molar-refractivity contribution in [1.82, 2.24) is 0 Å². The SMILES string of the molecule is CC(=O)[C@@H]1[C@H](c2ccc3c(c2)OCO3)C(C#N)(C#N)[C@H]2C=Cc3ccccc3N12. The third-order valence-corrected chi connectivity index (χ3v) is 6.09. The highest BCUT2D eigenvalue weighted by Gasteiger charge is 2.62. The average Bonchev–Trinajstić information content (AvgIpc) is 3.33. The number of benzene rings is 2. The number of carbonyl (C=O) groups excluding carboxylic acids is 1. The number of ketones is 1. The zero-order chi connectivity index (χ0) is 20.2. The van der Waals surface area contributed by atoms with Gasteiger partial charge in [-0.1, -0.05) is 36.4 Å². The van der Waals surface area contributed by atoms with Gasteiger partial charge in [0, 0.05) is 11.6 Å². The molecule has 0 spiro atoms. The monoisotopic (exact) mass is 383 g/mol. The average molecular weight is 383 g/mol. The maximum absolute atomic E-state index is 12.9. The number of rotatable bonds is 2. The molecule has 3 atom stereocenters. The molecule has 6 heteroatoms. The Bertz CT molecular complexity index is 1130. The van der Waals surface area contributed by atoms with E-state index in [1.54, 1.807) is 12.1 Å². The van der Waals surface area contributed by atoms with Crippen LogP contribution in [0.5, 0.6) is 11.5 Å². The van der Waals surface area contributed by atoms with Gasteiger partial charge in [-0.05, 0) is 36.2 Å². The Labute approximate surface area is 168 Å². The van der Waals surface area contributed by atoms with Crippen LogP contribution < -0.4 is 14.4 Å². The summed E-state index contributed by atoms with van der Waals surface area (Å²) >= 11 is 0. The summed E-state index contributed by atoms with van der Waals surface area (Å²) in [5.74, 6) is 0.462. The molecule has 0 radical (unpaired) electrons. The second-order valence-corrected chi connectivity index (χ2v) is 7.51. The van der Waals surface area contributed by atoms with Crippen LogP contribution in [0.25, 0.3) is 6.08 Å². The summed E-state index contributed by atoms with van der Waals surface area (Å²) in [7, 11) is 0. The first kappa shape index (κ1) is 17.3. The van der Waals surface area contributed by atoms with E-state index in [1.807, 2.05) is 47.4 Å². The number of nitriles is 2. The summed E-state index contributed by atoms with van der Waals surface area (Å²) in [6.07, 6.45) is 3.80. The van der Waals surface area contributed by atoms with Gasteiger partial charge in [0.2, 0.25) is 6.79 Å². The van der Waals surface area contributed by atoms with Crippen LogP contribution in [0.3, 0.4) is 0 Å². The lowest BCUT2D eigenvalue weighted by molar-refractivity contribution is -0.118.